The van der Waals surface area contributed by atoms with Crippen LogP contribution in [0.15, 0.2) is 24.3 Å². The molecule has 1 heterocycles. The number of aliphatic hydroxyl groups excluding tert-OH is 1. The van der Waals surface area contributed by atoms with Gasteiger partial charge in [0.05, 0.1) is 25.3 Å². The molecule has 0 aromatic heterocycles. The highest BCUT2D eigenvalue weighted by atomic mass is 16.5. The molecule has 7 nitrogen and oxygen atoms in total. The molecule has 2 atom stereocenters. The van der Waals surface area contributed by atoms with Crippen molar-refractivity contribution >= 4 is 17.6 Å². The molecule has 0 saturated carbocycles. The van der Waals surface area contributed by atoms with Crippen molar-refractivity contribution in [2.75, 3.05) is 24.7 Å². The number of amides is 3. The highest BCUT2D eigenvalue weighted by Gasteiger charge is 2.31. The van der Waals surface area contributed by atoms with E-state index in [0.717, 1.165) is 11.4 Å². The summed E-state index contributed by atoms with van der Waals surface area (Å²) in [6.07, 6.45) is 0.905. The number of carbonyl (C=O) groups excluding carboxylic acids is 2. The summed E-state index contributed by atoms with van der Waals surface area (Å²) in [6, 6.07) is 6.44. The van der Waals surface area contributed by atoms with Crippen molar-refractivity contribution in [3.63, 3.8) is 0 Å². The topological polar surface area (TPSA) is 90.9 Å². The first-order chi connectivity index (χ1) is 11.6. The number of rotatable bonds is 7. The lowest BCUT2D eigenvalue weighted by atomic mass is 10.2. The van der Waals surface area contributed by atoms with E-state index in [4.69, 9.17) is 9.84 Å². The standard InChI is InChI=1S/C17H25N3O4/c1-3-12(11-21)18-17(23)19-13-9-16(22)20(10-13)14-5-7-15(8-6-14)24-4-2/h5-8,12-13,21H,3-4,9-11H2,1-2H3,(H2,18,19,23)/t12-,13+/m0/s1. The largest absolute Gasteiger partial charge is 0.494 e. The van der Waals surface area contributed by atoms with E-state index < -0.39 is 0 Å². The second kappa shape index (κ2) is 8.54. The van der Waals surface area contributed by atoms with E-state index >= 15 is 0 Å². The van der Waals surface area contributed by atoms with Crippen LogP contribution < -0.4 is 20.3 Å². The number of nitrogens with one attached hydrogen (secondary N) is 2. The molecule has 7 heteroatoms. The van der Waals surface area contributed by atoms with Gasteiger partial charge >= 0.3 is 6.03 Å². The Morgan fingerprint density at radius 3 is 2.67 bits per heavy atom. The molecule has 1 aliphatic heterocycles. The quantitative estimate of drug-likeness (QED) is 0.700. The van der Waals surface area contributed by atoms with Crippen LogP contribution in [0.1, 0.15) is 26.7 Å². The third-order valence-corrected chi connectivity index (χ3v) is 3.97. The van der Waals surface area contributed by atoms with Crippen molar-refractivity contribution in [2.24, 2.45) is 0 Å². The maximum absolute atomic E-state index is 12.2. The first-order valence-electron chi connectivity index (χ1n) is 8.28. The zero-order chi connectivity index (χ0) is 17.5. The lowest BCUT2D eigenvalue weighted by molar-refractivity contribution is -0.117. The van der Waals surface area contributed by atoms with Crippen LogP contribution in [-0.2, 0) is 4.79 Å². The second-order valence-electron chi connectivity index (χ2n) is 5.74. The molecule has 1 aromatic carbocycles. The van der Waals surface area contributed by atoms with Crippen LogP contribution in [0.3, 0.4) is 0 Å². The number of hydrogen-bond donors (Lipinski definition) is 3. The second-order valence-corrected chi connectivity index (χ2v) is 5.74. The minimum atomic E-state index is -0.359. The Morgan fingerprint density at radius 2 is 2.08 bits per heavy atom. The van der Waals surface area contributed by atoms with Crippen molar-refractivity contribution in [1.29, 1.82) is 0 Å². The molecule has 0 aliphatic carbocycles. The smallest absolute Gasteiger partial charge is 0.315 e. The van der Waals surface area contributed by atoms with Gasteiger partial charge in [-0.1, -0.05) is 6.92 Å². The molecule has 1 fully saturated rings. The Kier molecular flexibility index (Phi) is 6.43. The van der Waals surface area contributed by atoms with Crippen molar-refractivity contribution < 1.29 is 19.4 Å². The highest BCUT2D eigenvalue weighted by molar-refractivity contribution is 5.96. The van der Waals surface area contributed by atoms with E-state index in [1.165, 1.54) is 0 Å². The number of anilines is 1. The van der Waals surface area contributed by atoms with Crippen molar-refractivity contribution in [2.45, 2.75) is 38.8 Å². The van der Waals surface area contributed by atoms with Gasteiger partial charge in [-0.2, -0.15) is 0 Å². The maximum Gasteiger partial charge on any atom is 0.315 e. The number of aliphatic hydroxyl groups is 1. The van der Waals surface area contributed by atoms with E-state index in [2.05, 4.69) is 10.6 Å². The van der Waals surface area contributed by atoms with Gasteiger partial charge in [-0.15, -0.1) is 0 Å². The number of ether oxygens (including phenoxy) is 1. The average molecular weight is 335 g/mol. The van der Waals surface area contributed by atoms with Gasteiger partial charge in [0.25, 0.3) is 0 Å². The highest BCUT2D eigenvalue weighted by Crippen LogP contribution is 2.24. The minimum Gasteiger partial charge on any atom is -0.494 e. The van der Waals surface area contributed by atoms with Gasteiger partial charge in [0.2, 0.25) is 5.91 Å². The van der Waals surface area contributed by atoms with Crippen LogP contribution in [0.4, 0.5) is 10.5 Å². The molecular formula is C17H25N3O4. The number of carbonyl (C=O) groups is 2. The summed E-state index contributed by atoms with van der Waals surface area (Å²) in [5.74, 6) is 0.732. The fourth-order valence-corrected chi connectivity index (χ4v) is 2.63. The maximum atomic E-state index is 12.2. The lowest BCUT2D eigenvalue weighted by Crippen LogP contribution is -2.48. The van der Waals surface area contributed by atoms with Crippen LogP contribution in [0.2, 0.25) is 0 Å². The molecule has 0 spiro atoms. The van der Waals surface area contributed by atoms with E-state index in [1.54, 1.807) is 4.90 Å². The van der Waals surface area contributed by atoms with E-state index in [9.17, 15) is 9.59 Å². The SMILES string of the molecule is CCOc1ccc(N2C[C@H](NC(=O)N[C@@H](CC)CO)CC2=O)cc1. The number of nitrogens with zero attached hydrogens (tertiary/aromatic N) is 1. The van der Waals surface area contributed by atoms with Gasteiger partial charge < -0.3 is 25.4 Å². The molecule has 0 bridgehead atoms. The van der Waals surface area contributed by atoms with Crippen molar-refractivity contribution in [3.05, 3.63) is 24.3 Å². The molecule has 0 radical (unpaired) electrons. The zero-order valence-corrected chi connectivity index (χ0v) is 14.1. The first kappa shape index (κ1) is 18.1. The molecule has 2 rings (SSSR count). The van der Waals surface area contributed by atoms with Crippen molar-refractivity contribution in [1.82, 2.24) is 10.6 Å². The summed E-state index contributed by atoms with van der Waals surface area (Å²) in [5.41, 5.74) is 0.787. The predicted octanol–water partition coefficient (Wildman–Crippen LogP) is 1.26. The van der Waals surface area contributed by atoms with E-state index in [-0.39, 0.29) is 37.0 Å². The molecule has 3 N–H and O–H groups in total. The molecule has 0 unspecified atom stereocenters. The molecule has 1 saturated heterocycles. The average Bonchev–Trinajstić information content (AvgIpc) is 2.94. The van der Waals surface area contributed by atoms with Gasteiger partial charge in [-0.05, 0) is 37.6 Å². The van der Waals surface area contributed by atoms with Gasteiger partial charge in [0, 0.05) is 18.7 Å². The Labute approximate surface area is 142 Å². The fourth-order valence-electron chi connectivity index (χ4n) is 2.63. The summed E-state index contributed by atoms with van der Waals surface area (Å²) in [6.45, 7) is 4.71. The van der Waals surface area contributed by atoms with Crippen molar-refractivity contribution in [3.8, 4) is 5.75 Å². The summed E-state index contributed by atoms with van der Waals surface area (Å²) < 4.78 is 5.39. The van der Waals surface area contributed by atoms with Gasteiger partial charge in [0.1, 0.15) is 5.75 Å². The first-order valence-corrected chi connectivity index (χ1v) is 8.28. The van der Waals surface area contributed by atoms with E-state index in [0.29, 0.717) is 19.6 Å². The van der Waals surface area contributed by atoms with Crippen LogP contribution >= 0.6 is 0 Å². The van der Waals surface area contributed by atoms with Crippen LogP contribution in [0.5, 0.6) is 5.75 Å². The zero-order valence-electron chi connectivity index (χ0n) is 14.1. The third kappa shape index (κ3) is 4.61. The molecule has 1 aliphatic rings. The molecular weight excluding hydrogens is 310 g/mol. The number of hydrogen-bond acceptors (Lipinski definition) is 4. The number of benzene rings is 1. The summed E-state index contributed by atoms with van der Waals surface area (Å²) in [5, 5.41) is 14.6. The summed E-state index contributed by atoms with van der Waals surface area (Å²) in [7, 11) is 0. The predicted molar refractivity (Wildman–Crippen MR) is 91.2 cm³/mol. The lowest BCUT2D eigenvalue weighted by Gasteiger charge is -2.19. The minimum absolute atomic E-state index is 0.0290. The summed E-state index contributed by atoms with van der Waals surface area (Å²) >= 11 is 0. The van der Waals surface area contributed by atoms with Gasteiger partial charge in [-0.3, -0.25) is 4.79 Å². The normalized spacial score (nSPS) is 18.4. The Balaban J connectivity index is 1.91. The molecule has 3 amide bonds. The summed E-state index contributed by atoms with van der Waals surface area (Å²) in [4.78, 5) is 25.8. The Bertz CT molecular complexity index is 557. The molecule has 132 valence electrons. The van der Waals surface area contributed by atoms with E-state index in [1.807, 2.05) is 38.1 Å². The van der Waals surface area contributed by atoms with Crippen LogP contribution in [0.25, 0.3) is 0 Å². The van der Waals surface area contributed by atoms with Gasteiger partial charge in [0.15, 0.2) is 0 Å². The molecule has 1 aromatic rings. The fraction of sp³-hybridized carbons (Fsp3) is 0.529. The Hall–Kier alpha value is -2.28. The Morgan fingerprint density at radius 1 is 1.38 bits per heavy atom. The van der Waals surface area contributed by atoms with Crippen LogP contribution in [-0.4, -0.2) is 48.9 Å². The number of urea groups is 1. The third-order valence-electron chi connectivity index (χ3n) is 3.97. The monoisotopic (exact) mass is 335 g/mol. The van der Waals surface area contributed by atoms with Gasteiger partial charge in [-0.25, -0.2) is 4.79 Å². The molecule has 24 heavy (non-hydrogen) atoms. The van der Waals surface area contributed by atoms with Crippen LogP contribution in [0, 0.1) is 0 Å².